The number of quaternary nitrogens is 1. The van der Waals surface area contributed by atoms with Crippen molar-refractivity contribution >= 4 is 17.2 Å². The third kappa shape index (κ3) is 4.54. The molecule has 5 heteroatoms. The maximum absolute atomic E-state index is 5.94. The van der Waals surface area contributed by atoms with Crippen molar-refractivity contribution in [2.45, 2.75) is 13.5 Å². The second kappa shape index (κ2) is 9.01. The minimum Gasteiger partial charge on any atom is -0.493 e. The van der Waals surface area contributed by atoms with Crippen molar-refractivity contribution in [2.24, 2.45) is 0 Å². The minimum atomic E-state index is 0.517. The molecule has 0 amide bonds. The van der Waals surface area contributed by atoms with E-state index in [-0.39, 0.29) is 0 Å². The summed E-state index contributed by atoms with van der Waals surface area (Å²) in [4.78, 5) is 4.84. The van der Waals surface area contributed by atoms with E-state index in [9.17, 15) is 0 Å². The molecule has 0 aromatic heterocycles. The molecule has 0 bridgehead atoms. The number of hydrogen-bond acceptors (Lipinski definition) is 3. The van der Waals surface area contributed by atoms with Crippen LogP contribution in [-0.4, -0.2) is 49.7 Å². The zero-order valence-electron chi connectivity index (χ0n) is 15.5. The maximum atomic E-state index is 5.94. The molecular weight excluding hydrogens is 344 g/mol. The summed E-state index contributed by atoms with van der Waals surface area (Å²) in [6.07, 6.45) is 0. The summed E-state index contributed by atoms with van der Waals surface area (Å²) in [6.45, 7) is 8.25. The fourth-order valence-corrected chi connectivity index (χ4v) is 3.53. The van der Waals surface area contributed by atoms with Crippen molar-refractivity contribution in [3.63, 3.8) is 0 Å². The average molecular weight is 372 g/mol. The normalized spacial score (nSPS) is 14.9. The number of hydrogen-bond donors (Lipinski definition) is 1. The zero-order valence-corrected chi connectivity index (χ0v) is 16.3. The Balaban J connectivity index is 1.67. The molecule has 0 aliphatic carbocycles. The van der Waals surface area contributed by atoms with Crippen LogP contribution in [0.2, 0.25) is 0 Å². The van der Waals surface area contributed by atoms with Gasteiger partial charge in [-0.05, 0) is 30.7 Å². The Morgan fingerprint density at radius 2 is 1.81 bits per heavy atom. The van der Waals surface area contributed by atoms with Gasteiger partial charge in [-0.2, -0.15) is 0 Å². The van der Waals surface area contributed by atoms with Gasteiger partial charge in [-0.15, -0.1) is 0 Å². The van der Waals surface area contributed by atoms with Gasteiger partial charge in [0, 0.05) is 5.56 Å². The van der Waals surface area contributed by atoms with Crippen LogP contribution in [0.3, 0.4) is 0 Å². The van der Waals surface area contributed by atoms with Gasteiger partial charge < -0.3 is 19.3 Å². The second-order valence-corrected chi connectivity index (χ2v) is 6.92. The summed E-state index contributed by atoms with van der Waals surface area (Å²) in [5, 5.41) is 0. The molecule has 2 aromatic rings. The molecule has 0 spiro atoms. The van der Waals surface area contributed by atoms with E-state index in [4.69, 9.17) is 21.7 Å². The lowest BCUT2D eigenvalue weighted by Gasteiger charge is -2.33. The summed E-state index contributed by atoms with van der Waals surface area (Å²) in [5.74, 6) is 1.46. The molecule has 1 saturated heterocycles. The van der Waals surface area contributed by atoms with E-state index in [0.29, 0.717) is 6.61 Å². The summed E-state index contributed by atoms with van der Waals surface area (Å²) in [5.41, 5.74) is 2.15. The van der Waals surface area contributed by atoms with E-state index in [1.165, 1.54) is 6.54 Å². The number of thiocarbonyl (C=S) groups is 1. The Labute approximate surface area is 161 Å². The highest BCUT2D eigenvalue weighted by atomic mass is 32.1. The van der Waals surface area contributed by atoms with Gasteiger partial charge in [0.1, 0.15) is 11.6 Å². The van der Waals surface area contributed by atoms with Crippen LogP contribution >= 0.6 is 12.2 Å². The largest absolute Gasteiger partial charge is 0.493 e. The van der Waals surface area contributed by atoms with Gasteiger partial charge in [-0.3, -0.25) is 0 Å². The third-order valence-electron chi connectivity index (χ3n) is 4.91. The molecule has 1 aliphatic heterocycles. The molecule has 3 rings (SSSR count). The first-order chi connectivity index (χ1) is 12.7. The van der Waals surface area contributed by atoms with E-state index in [0.717, 1.165) is 53.8 Å². The second-order valence-electron chi connectivity index (χ2n) is 6.54. The highest BCUT2D eigenvalue weighted by Gasteiger charge is 2.21. The summed E-state index contributed by atoms with van der Waals surface area (Å²) < 4.78 is 11.5. The molecule has 26 heavy (non-hydrogen) atoms. The van der Waals surface area contributed by atoms with Gasteiger partial charge in [0.25, 0.3) is 0 Å². The highest BCUT2D eigenvalue weighted by Crippen LogP contribution is 2.29. The number of rotatable bonds is 6. The van der Waals surface area contributed by atoms with E-state index in [2.05, 4.69) is 11.8 Å². The topological polar surface area (TPSA) is 26.1 Å². The van der Waals surface area contributed by atoms with Crippen molar-refractivity contribution in [1.29, 1.82) is 0 Å². The van der Waals surface area contributed by atoms with E-state index >= 15 is 0 Å². The SMILES string of the molecule is CC[NH+]1CCN(C(=S)c2ccc(OCc3ccccc3)c(OC)c2)CC1. The molecular formula is C21H27N2O2S+. The van der Waals surface area contributed by atoms with Crippen molar-refractivity contribution in [3.05, 3.63) is 59.7 Å². The van der Waals surface area contributed by atoms with Crippen LogP contribution in [0.4, 0.5) is 0 Å². The van der Waals surface area contributed by atoms with Crippen LogP contribution in [0.5, 0.6) is 11.5 Å². The predicted molar refractivity (Wildman–Crippen MR) is 108 cm³/mol. The van der Waals surface area contributed by atoms with Gasteiger partial charge in [0.05, 0.1) is 39.8 Å². The standard InChI is InChI=1S/C21H26N2O2S/c1-3-22-11-13-23(14-12-22)21(26)18-9-10-19(20(15-18)24-2)25-16-17-7-5-4-6-8-17/h4-10,15H,3,11-14,16H2,1-2H3/p+1. The van der Waals surface area contributed by atoms with Crippen molar-refractivity contribution < 1.29 is 14.4 Å². The van der Waals surface area contributed by atoms with Gasteiger partial charge in [-0.1, -0.05) is 42.5 Å². The molecule has 0 radical (unpaired) electrons. The van der Waals surface area contributed by atoms with Crippen LogP contribution in [0, 0.1) is 0 Å². The molecule has 1 N–H and O–H groups in total. The van der Waals surface area contributed by atoms with Gasteiger partial charge >= 0.3 is 0 Å². The molecule has 2 aromatic carbocycles. The van der Waals surface area contributed by atoms with Crippen LogP contribution in [0.25, 0.3) is 0 Å². The monoisotopic (exact) mass is 371 g/mol. The Kier molecular flexibility index (Phi) is 6.47. The summed E-state index contributed by atoms with van der Waals surface area (Å²) in [7, 11) is 1.67. The van der Waals surface area contributed by atoms with Crippen molar-refractivity contribution in [1.82, 2.24) is 4.90 Å². The van der Waals surface area contributed by atoms with E-state index in [1.807, 2.05) is 48.5 Å². The van der Waals surface area contributed by atoms with Gasteiger partial charge in [-0.25, -0.2) is 0 Å². The number of nitrogens with zero attached hydrogens (tertiary/aromatic N) is 1. The molecule has 138 valence electrons. The molecule has 0 atom stereocenters. The zero-order chi connectivity index (χ0) is 18.4. The maximum Gasteiger partial charge on any atom is 0.161 e. The van der Waals surface area contributed by atoms with E-state index in [1.54, 1.807) is 12.0 Å². The van der Waals surface area contributed by atoms with Crippen molar-refractivity contribution in [3.8, 4) is 11.5 Å². The van der Waals surface area contributed by atoms with Crippen LogP contribution < -0.4 is 14.4 Å². The van der Waals surface area contributed by atoms with Crippen LogP contribution in [0.15, 0.2) is 48.5 Å². The minimum absolute atomic E-state index is 0.517. The van der Waals surface area contributed by atoms with Crippen molar-refractivity contribution in [2.75, 3.05) is 39.8 Å². The average Bonchev–Trinajstić information content (AvgIpc) is 2.72. The summed E-state index contributed by atoms with van der Waals surface area (Å²) >= 11 is 5.73. The van der Waals surface area contributed by atoms with E-state index < -0.39 is 0 Å². The lowest BCUT2D eigenvalue weighted by atomic mass is 10.1. The number of piperazine rings is 1. The number of nitrogens with one attached hydrogen (secondary N) is 1. The highest BCUT2D eigenvalue weighted by molar-refractivity contribution is 7.80. The molecule has 4 nitrogen and oxygen atoms in total. The number of methoxy groups -OCH3 is 1. The fourth-order valence-electron chi connectivity index (χ4n) is 3.22. The smallest absolute Gasteiger partial charge is 0.161 e. The number of benzene rings is 2. The quantitative estimate of drug-likeness (QED) is 0.787. The molecule has 1 heterocycles. The molecule has 1 aliphatic rings. The molecule has 0 unspecified atom stereocenters. The first kappa shape index (κ1) is 18.7. The Bertz CT molecular complexity index is 728. The van der Waals surface area contributed by atoms with Crippen LogP contribution in [0.1, 0.15) is 18.1 Å². The summed E-state index contributed by atoms with van der Waals surface area (Å²) in [6, 6.07) is 16.1. The Morgan fingerprint density at radius 3 is 2.46 bits per heavy atom. The lowest BCUT2D eigenvalue weighted by Crippen LogP contribution is -3.14. The Hall–Kier alpha value is -2.11. The lowest BCUT2D eigenvalue weighted by molar-refractivity contribution is -0.902. The predicted octanol–water partition coefficient (Wildman–Crippen LogP) is 2.17. The molecule has 0 saturated carbocycles. The van der Waals surface area contributed by atoms with Gasteiger partial charge in [0.15, 0.2) is 11.5 Å². The fraction of sp³-hybridized carbons (Fsp3) is 0.381. The first-order valence-electron chi connectivity index (χ1n) is 9.19. The first-order valence-corrected chi connectivity index (χ1v) is 9.59. The molecule has 1 fully saturated rings. The third-order valence-corrected chi connectivity index (χ3v) is 5.40. The van der Waals surface area contributed by atoms with Crippen LogP contribution in [-0.2, 0) is 6.61 Å². The van der Waals surface area contributed by atoms with Gasteiger partial charge in [0.2, 0.25) is 0 Å². The number of ether oxygens (including phenoxy) is 2. The Morgan fingerprint density at radius 1 is 1.08 bits per heavy atom. The number of likely N-dealkylation sites (N-methyl/N-ethyl adjacent to an activating group) is 1.